The Morgan fingerprint density at radius 3 is 2.70 bits per heavy atom. The average Bonchev–Trinajstić information content (AvgIpc) is 2.74. The predicted molar refractivity (Wildman–Crippen MR) is 71.9 cm³/mol. The molecule has 0 radical (unpaired) electrons. The highest BCUT2D eigenvalue weighted by Crippen LogP contribution is 2.22. The summed E-state index contributed by atoms with van der Waals surface area (Å²) in [5.74, 6) is -1.20. The lowest BCUT2D eigenvalue weighted by molar-refractivity contribution is 0.0692. The molecule has 0 fully saturated rings. The van der Waals surface area contributed by atoms with E-state index in [2.05, 4.69) is 14.9 Å². The van der Waals surface area contributed by atoms with Gasteiger partial charge in [0, 0.05) is 11.3 Å². The van der Waals surface area contributed by atoms with Gasteiger partial charge >= 0.3 is 5.97 Å². The number of nitrogens with two attached hydrogens (primary N) is 1. The lowest BCUT2D eigenvalue weighted by Crippen LogP contribution is -2.17. The Labute approximate surface area is 114 Å². The first-order valence-electron chi connectivity index (χ1n) is 5.47. The molecule has 0 saturated carbocycles. The minimum absolute atomic E-state index is 0.166. The Balaban J connectivity index is 2.50. The van der Waals surface area contributed by atoms with E-state index in [-0.39, 0.29) is 16.4 Å². The highest BCUT2D eigenvalue weighted by molar-refractivity contribution is 7.92. The fourth-order valence-electron chi connectivity index (χ4n) is 1.59. The first kappa shape index (κ1) is 13.9. The van der Waals surface area contributed by atoms with E-state index in [0.717, 1.165) is 12.1 Å². The minimum Gasteiger partial charge on any atom is -0.478 e. The molecule has 2 rings (SSSR count). The van der Waals surface area contributed by atoms with Crippen molar-refractivity contribution in [3.05, 3.63) is 35.5 Å². The standard InChI is InChI=1S/C11H12N4O4S/c1-6-5-13-14-10(6)15-20(18,19)9-3-2-7(12)4-8(9)11(16)17/h2-5H,12H2,1H3,(H,16,17)(H2,13,14,15). The van der Waals surface area contributed by atoms with Crippen molar-refractivity contribution in [2.45, 2.75) is 11.8 Å². The van der Waals surface area contributed by atoms with Gasteiger partial charge < -0.3 is 10.8 Å². The second-order valence-electron chi connectivity index (χ2n) is 4.09. The van der Waals surface area contributed by atoms with Gasteiger partial charge in [0.05, 0.1) is 11.8 Å². The number of benzene rings is 1. The van der Waals surface area contributed by atoms with E-state index in [1.54, 1.807) is 6.92 Å². The van der Waals surface area contributed by atoms with Crippen LogP contribution < -0.4 is 10.5 Å². The highest BCUT2D eigenvalue weighted by atomic mass is 32.2. The van der Waals surface area contributed by atoms with Crippen molar-refractivity contribution in [1.82, 2.24) is 10.2 Å². The van der Waals surface area contributed by atoms with Gasteiger partial charge in [0.2, 0.25) is 0 Å². The quantitative estimate of drug-likeness (QED) is 0.615. The van der Waals surface area contributed by atoms with Crippen LogP contribution in [-0.4, -0.2) is 29.7 Å². The van der Waals surface area contributed by atoms with Crippen LogP contribution in [0, 0.1) is 6.92 Å². The summed E-state index contributed by atoms with van der Waals surface area (Å²) in [7, 11) is -4.06. The maximum absolute atomic E-state index is 12.2. The van der Waals surface area contributed by atoms with Crippen LogP contribution in [0.5, 0.6) is 0 Å². The van der Waals surface area contributed by atoms with Crippen LogP contribution in [-0.2, 0) is 10.0 Å². The third kappa shape index (κ3) is 2.57. The molecule has 20 heavy (non-hydrogen) atoms. The van der Waals surface area contributed by atoms with E-state index in [4.69, 9.17) is 10.8 Å². The second kappa shape index (κ2) is 4.85. The van der Waals surface area contributed by atoms with Crippen LogP contribution >= 0.6 is 0 Å². The summed E-state index contributed by atoms with van der Waals surface area (Å²) in [6, 6.07) is 3.56. The number of aromatic carboxylic acids is 1. The molecular formula is C11H12N4O4S. The zero-order chi connectivity index (χ0) is 14.9. The predicted octanol–water partition coefficient (Wildman–Crippen LogP) is 0.799. The Hall–Kier alpha value is -2.55. The molecule has 0 spiro atoms. The largest absolute Gasteiger partial charge is 0.478 e. The molecule has 1 aromatic heterocycles. The summed E-state index contributed by atoms with van der Waals surface area (Å²) in [5.41, 5.74) is 5.83. The molecule has 0 aliphatic rings. The molecule has 106 valence electrons. The summed E-state index contributed by atoms with van der Waals surface area (Å²) in [5, 5.41) is 15.2. The number of sulfonamides is 1. The number of H-pyrrole nitrogens is 1. The van der Waals surface area contributed by atoms with Gasteiger partial charge in [-0.1, -0.05) is 0 Å². The molecule has 2 aromatic rings. The third-order valence-corrected chi connectivity index (χ3v) is 4.00. The van der Waals surface area contributed by atoms with E-state index >= 15 is 0 Å². The van der Waals surface area contributed by atoms with Gasteiger partial charge in [0.15, 0.2) is 0 Å². The summed E-state index contributed by atoms with van der Waals surface area (Å²) in [4.78, 5) is 10.8. The van der Waals surface area contributed by atoms with Gasteiger partial charge in [-0.05, 0) is 25.1 Å². The summed E-state index contributed by atoms with van der Waals surface area (Å²) in [6.45, 7) is 1.66. The maximum atomic E-state index is 12.2. The Kier molecular flexibility index (Phi) is 3.36. The zero-order valence-electron chi connectivity index (χ0n) is 10.4. The number of rotatable bonds is 4. The highest BCUT2D eigenvalue weighted by Gasteiger charge is 2.23. The summed E-state index contributed by atoms with van der Waals surface area (Å²) in [6.07, 6.45) is 1.44. The van der Waals surface area contributed by atoms with Gasteiger partial charge in [-0.3, -0.25) is 9.82 Å². The molecule has 0 unspecified atom stereocenters. The maximum Gasteiger partial charge on any atom is 0.337 e. The number of aryl methyl sites for hydroxylation is 1. The van der Waals surface area contributed by atoms with Crippen molar-refractivity contribution >= 4 is 27.5 Å². The van der Waals surface area contributed by atoms with Crippen molar-refractivity contribution < 1.29 is 18.3 Å². The van der Waals surface area contributed by atoms with Crippen LogP contribution in [0.25, 0.3) is 0 Å². The third-order valence-electron chi connectivity index (χ3n) is 2.59. The molecule has 8 nitrogen and oxygen atoms in total. The first-order chi connectivity index (χ1) is 9.31. The fourth-order valence-corrected chi connectivity index (χ4v) is 2.86. The van der Waals surface area contributed by atoms with E-state index < -0.39 is 21.6 Å². The number of nitrogens with zero attached hydrogens (tertiary/aromatic N) is 1. The van der Waals surface area contributed by atoms with Crippen molar-refractivity contribution in [2.75, 3.05) is 10.5 Å². The molecule has 0 aliphatic carbocycles. The number of carbonyl (C=O) groups is 1. The molecule has 1 heterocycles. The number of nitrogen functional groups attached to an aromatic ring is 1. The molecule has 1 aromatic carbocycles. The topological polar surface area (TPSA) is 138 Å². The number of aromatic nitrogens is 2. The zero-order valence-corrected chi connectivity index (χ0v) is 11.2. The average molecular weight is 296 g/mol. The van der Waals surface area contributed by atoms with Gasteiger partial charge in [0.1, 0.15) is 10.7 Å². The number of carboxylic acid groups (broad SMARTS) is 1. The molecule has 0 saturated heterocycles. The van der Waals surface area contributed by atoms with E-state index in [1.165, 1.54) is 12.3 Å². The molecule has 0 bridgehead atoms. The van der Waals surface area contributed by atoms with Gasteiger partial charge in [-0.2, -0.15) is 5.10 Å². The van der Waals surface area contributed by atoms with E-state index in [9.17, 15) is 13.2 Å². The Morgan fingerprint density at radius 2 is 2.15 bits per heavy atom. The van der Waals surface area contributed by atoms with Crippen molar-refractivity contribution in [3.63, 3.8) is 0 Å². The van der Waals surface area contributed by atoms with E-state index in [0.29, 0.717) is 5.56 Å². The minimum atomic E-state index is -4.06. The lowest BCUT2D eigenvalue weighted by Gasteiger charge is -2.10. The van der Waals surface area contributed by atoms with Crippen LogP contribution in [0.15, 0.2) is 29.3 Å². The summed E-state index contributed by atoms with van der Waals surface area (Å²) < 4.78 is 26.7. The van der Waals surface area contributed by atoms with Crippen LogP contribution in [0.3, 0.4) is 0 Å². The molecule has 0 atom stereocenters. The van der Waals surface area contributed by atoms with Crippen LogP contribution in [0.2, 0.25) is 0 Å². The normalized spacial score (nSPS) is 11.2. The van der Waals surface area contributed by atoms with Crippen LogP contribution in [0.1, 0.15) is 15.9 Å². The fraction of sp³-hybridized carbons (Fsp3) is 0.0909. The van der Waals surface area contributed by atoms with Crippen molar-refractivity contribution in [1.29, 1.82) is 0 Å². The summed E-state index contributed by atoms with van der Waals surface area (Å²) >= 11 is 0. The van der Waals surface area contributed by atoms with Gasteiger partial charge in [-0.15, -0.1) is 0 Å². The van der Waals surface area contributed by atoms with Crippen molar-refractivity contribution in [3.8, 4) is 0 Å². The SMILES string of the molecule is Cc1cn[nH]c1NS(=O)(=O)c1ccc(N)cc1C(=O)O. The number of hydrogen-bond acceptors (Lipinski definition) is 5. The Morgan fingerprint density at radius 1 is 1.45 bits per heavy atom. The molecule has 0 amide bonds. The first-order valence-corrected chi connectivity index (χ1v) is 6.95. The lowest BCUT2D eigenvalue weighted by atomic mass is 10.2. The number of anilines is 2. The Bertz CT molecular complexity index is 766. The van der Waals surface area contributed by atoms with Crippen LogP contribution in [0.4, 0.5) is 11.5 Å². The smallest absolute Gasteiger partial charge is 0.337 e. The molecule has 0 aliphatic heterocycles. The van der Waals surface area contributed by atoms with Crippen molar-refractivity contribution in [2.24, 2.45) is 0 Å². The number of carboxylic acids is 1. The molecule has 9 heteroatoms. The molecule has 5 N–H and O–H groups in total. The second-order valence-corrected chi connectivity index (χ2v) is 5.75. The number of hydrogen-bond donors (Lipinski definition) is 4. The molecular weight excluding hydrogens is 284 g/mol. The number of nitrogens with one attached hydrogen (secondary N) is 2. The monoisotopic (exact) mass is 296 g/mol. The van der Waals surface area contributed by atoms with Gasteiger partial charge in [-0.25, -0.2) is 13.2 Å². The number of aromatic amines is 1. The van der Waals surface area contributed by atoms with Gasteiger partial charge in [0.25, 0.3) is 10.0 Å². The van der Waals surface area contributed by atoms with E-state index in [1.807, 2.05) is 0 Å².